The lowest BCUT2D eigenvalue weighted by Gasteiger charge is -2.29. The quantitative estimate of drug-likeness (QED) is 0.760. The number of rotatable bonds is 6. The molecule has 5 heteroatoms. The van der Waals surface area contributed by atoms with E-state index in [0.29, 0.717) is 12.1 Å². The minimum Gasteiger partial charge on any atom is -0.396 e. The molecule has 0 aliphatic rings. The van der Waals surface area contributed by atoms with Gasteiger partial charge >= 0.3 is 0 Å². The molecule has 0 saturated heterocycles. The lowest BCUT2D eigenvalue weighted by Crippen LogP contribution is -2.39. The number of hydrogen-bond donors (Lipinski definition) is 2. The molecule has 0 aliphatic carbocycles. The summed E-state index contributed by atoms with van der Waals surface area (Å²) in [6.45, 7) is 4.72. The van der Waals surface area contributed by atoms with Crippen molar-refractivity contribution in [1.29, 1.82) is 0 Å². The van der Waals surface area contributed by atoms with Crippen LogP contribution < -0.4 is 5.32 Å². The highest BCUT2D eigenvalue weighted by molar-refractivity contribution is 14.1. The van der Waals surface area contributed by atoms with Crippen LogP contribution in [-0.4, -0.2) is 24.2 Å². The summed E-state index contributed by atoms with van der Waals surface area (Å²) in [4.78, 5) is 11.9. The third-order valence-electron chi connectivity index (χ3n) is 3.29. The van der Waals surface area contributed by atoms with E-state index in [0.717, 1.165) is 15.7 Å². The predicted octanol–water partition coefficient (Wildman–Crippen LogP) is 2.88. The number of aliphatic hydroxyl groups excluding tert-OH is 1. The molecule has 0 spiro atoms. The molecule has 17 heavy (non-hydrogen) atoms. The lowest BCUT2D eigenvalue weighted by atomic mass is 9.83. The zero-order chi connectivity index (χ0) is 12.9. The summed E-state index contributed by atoms with van der Waals surface area (Å²) in [5.74, 6) is -0.0520. The third kappa shape index (κ3) is 3.93. The van der Waals surface area contributed by atoms with Crippen LogP contribution in [0.5, 0.6) is 0 Å². The van der Waals surface area contributed by atoms with E-state index in [-0.39, 0.29) is 17.9 Å². The Morgan fingerprint density at radius 2 is 2.18 bits per heavy atom. The van der Waals surface area contributed by atoms with Gasteiger partial charge in [0.05, 0.1) is 15.1 Å². The Bertz CT molecular complexity index is 366. The van der Waals surface area contributed by atoms with Gasteiger partial charge in [0.1, 0.15) is 0 Å². The topological polar surface area (TPSA) is 49.3 Å². The summed E-state index contributed by atoms with van der Waals surface area (Å²) < 4.78 is 1.10. The first-order valence-corrected chi connectivity index (χ1v) is 7.66. The van der Waals surface area contributed by atoms with E-state index in [1.807, 2.05) is 25.3 Å². The number of carbonyl (C=O) groups is 1. The Morgan fingerprint density at radius 1 is 1.53 bits per heavy atom. The van der Waals surface area contributed by atoms with Crippen molar-refractivity contribution < 1.29 is 9.90 Å². The van der Waals surface area contributed by atoms with Gasteiger partial charge in [-0.2, -0.15) is 0 Å². The van der Waals surface area contributed by atoms with Crippen LogP contribution in [0.4, 0.5) is 0 Å². The number of thiophene rings is 1. The van der Waals surface area contributed by atoms with Gasteiger partial charge in [0.2, 0.25) is 0 Å². The molecule has 0 fully saturated rings. The van der Waals surface area contributed by atoms with Crippen molar-refractivity contribution in [3.05, 3.63) is 19.9 Å². The molecule has 0 unspecified atom stereocenters. The predicted molar refractivity (Wildman–Crippen MR) is 79.5 cm³/mol. The van der Waals surface area contributed by atoms with E-state index < -0.39 is 0 Å². The summed E-state index contributed by atoms with van der Waals surface area (Å²) in [7, 11) is 0. The monoisotopic (exact) mass is 367 g/mol. The van der Waals surface area contributed by atoms with E-state index in [9.17, 15) is 9.90 Å². The minimum atomic E-state index is -0.182. The Kier molecular flexibility index (Phi) is 5.88. The van der Waals surface area contributed by atoms with Crippen LogP contribution in [0.3, 0.4) is 0 Å². The van der Waals surface area contributed by atoms with E-state index in [4.69, 9.17) is 0 Å². The number of halogens is 1. The Hall–Kier alpha value is -0.140. The lowest BCUT2D eigenvalue weighted by molar-refractivity contribution is 0.0851. The van der Waals surface area contributed by atoms with Crippen LogP contribution in [0.1, 0.15) is 37.0 Å². The van der Waals surface area contributed by atoms with Gasteiger partial charge in [0, 0.05) is 17.3 Å². The number of hydrogen-bond acceptors (Lipinski definition) is 3. The summed E-state index contributed by atoms with van der Waals surface area (Å²) in [5.41, 5.74) is 0.525. The van der Waals surface area contributed by atoms with E-state index in [1.165, 1.54) is 0 Å². The number of carbonyl (C=O) groups excluding carboxylic acids is 1. The second-order valence-electron chi connectivity index (χ2n) is 4.19. The molecule has 1 amide bonds. The fourth-order valence-corrected chi connectivity index (χ4v) is 2.91. The smallest absolute Gasteiger partial charge is 0.252 e. The molecule has 1 aromatic heterocycles. The molecule has 0 atom stereocenters. The van der Waals surface area contributed by atoms with Gasteiger partial charge in [-0.3, -0.25) is 4.79 Å². The van der Waals surface area contributed by atoms with Crippen molar-refractivity contribution in [3.63, 3.8) is 0 Å². The SMILES string of the molecule is CCC(CC)(CO)CNC(=O)c1csc(I)c1. The summed E-state index contributed by atoms with van der Waals surface area (Å²) in [6.07, 6.45) is 1.73. The van der Waals surface area contributed by atoms with Gasteiger partial charge in [-0.25, -0.2) is 0 Å². The van der Waals surface area contributed by atoms with Crippen LogP contribution in [0, 0.1) is 8.30 Å². The molecule has 0 aromatic carbocycles. The summed E-state index contributed by atoms with van der Waals surface area (Å²) >= 11 is 3.76. The van der Waals surface area contributed by atoms with Crippen LogP contribution in [0.2, 0.25) is 0 Å². The molecule has 0 bridgehead atoms. The molecule has 0 saturated carbocycles. The van der Waals surface area contributed by atoms with Crippen LogP contribution >= 0.6 is 33.9 Å². The average molecular weight is 367 g/mol. The van der Waals surface area contributed by atoms with Crippen molar-refractivity contribution in [2.24, 2.45) is 5.41 Å². The summed E-state index contributed by atoms with van der Waals surface area (Å²) in [6, 6.07) is 1.87. The zero-order valence-corrected chi connectivity index (χ0v) is 13.1. The Morgan fingerprint density at radius 3 is 2.59 bits per heavy atom. The van der Waals surface area contributed by atoms with Crippen LogP contribution in [0.15, 0.2) is 11.4 Å². The third-order valence-corrected chi connectivity index (χ3v) is 5.08. The molecule has 1 rings (SSSR count). The average Bonchev–Trinajstić information content (AvgIpc) is 2.78. The molecule has 96 valence electrons. The maximum Gasteiger partial charge on any atom is 0.252 e. The second-order valence-corrected chi connectivity index (χ2v) is 6.99. The van der Waals surface area contributed by atoms with Crippen molar-refractivity contribution in [2.75, 3.05) is 13.2 Å². The van der Waals surface area contributed by atoms with Gasteiger partial charge in [-0.15, -0.1) is 11.3 Å². The molecular weight excluding hydrogens is 349 g/mol. The van der Waals surface area contributed by atoms with Gasteiger partial charge < -0.3 is 10.4 Å². The van der Waals surface area contributed by atoms with Crippen LogP contribution in [0.25, 0.3) is 0 Å². The van der Waals surface area contributed by atoms with Crippen LogP contribution in [-0.2, 0) is 0 Å². The van der Waals surface area contributed by atoms with Crippen molar-refractivity contribution in [3.8, 4) is 0 Å². The van der Waals surface area contributed by atoms with Gasteiger partial charge in [0.15, 0.2) is 0 Å². The highest BCUT2D eigenvalue weighted by Gasteiger charge is 2.26. The van der Waals surface area contributed by atoms with E-state index >= 15 is 0 Å². The first-order valence-electron chi connectivity index (χ1n) is 5.70. The molecule has 2 N–H and O–H groups in total. The molecule has 0 aliphatic heterocycles. The fourth-order valence-electron chi connectivity index (χ4n) is 1.58. The Balaban J connectivity index is 2.58. The number of amides is 1. The number of nitrogens with one attached hydrogen (secondary N) is 1. The fraction of sp³-hybridized carbons (Fsp3) is 0.583. The highest BCUT2D eigenvalue weighted by atomic mass is 127. The van der Waals surface area contributed by atoms with E-state index in [1.54, 1.807) is 11.3 Å². The highest BCUT2D eigenvalue weighted by Crippen LogP contribution is 2.24. The van der Waals surface area contributed by atoms with Gasteiger partial charge in [-0.05, 0) is 41.5 Å². The van der Waals surface area contributed by atoms with E-state index in [2.05, 4.69) is 27.9 Å². The maximum atomic E-state index is 11.9. The zero-order valence-electron chi connectivity index (χ0n) is 10.1. The first kappa shape index (κ1) is 14.9. The number of aliphatic hydroxyl groups is 1. The van der Waals surface area contributed by atoms with Crippen molar-refractivity contribution >= 4 is 39.8 Å². The van der Waals surface area contributed by atoms with Gasteiger partial charge in [0.25, 0.3) is 5.91 Å². The molecule has 3 nitrogen and oxygen atoms in total. The molecule has 0 radical (unpaired) electrons. The van der Waals surface area contributed by atoms with Crippen molar-refractivity contribution in [2.45, 2.75) is 26.7 Å². The first-order chi connectivity index (χ1) is 8.06. The molecule has 1 aromatic rings. The second kappa shape index (κ2) is 6.70. The van der Waals surface area contributed by atoms with Crippen molar-refractivity contribution in [1.82, 2.24) is 5.32 Å². The normalized spacial score (nSPS) is 11.5. The molecule has 1 heterocycles. The standard InChI is InChI=1S/C12H18INO2S/c1-3-12(4-2,8-15)7-14-11(16)9-5-10(13)17-6-9/h5-6,15H,3-4,7-8H2,1-2H3,(H,14,16). The summed E-state index contributed by atoms with van der Waals surface area (Å²) in [5, 5.41) is 14.2. The largest absolute Gasteiger partial charge is 0.396 e. The maximum absolute atomic E-state index is 11.9. The molecular formula is C12H18INO2S. The minimum absolute atomic E-state index is 0.0520. The Labute approximate surface area is 120 Å². The van der Waals surface area contributed by atoms with Gasteiger partial charge in [-0.1, -0.05) is 13.8 Å².